The van der Waals surface area contributed by atoms with Crippen molar-refractivity contribution in [3.05, 3.63) is 18.2 Å². The van der Waals surface area contributed by atoms with Crippen molar-refractivity contribution in [2.24, 2.45) is 0 Å². The van der Waals surface area contributed by atoms with E-state index in [9.17, 15) is 0 Å². The van der Waals surface area contributed by atoms with Crippen LogP contribution in [-0.2, 0) is 13.1 Å². The highest BCUT2D eigenvalue weighted by atomic mass is 79.9. The number of halogens is 1. The molecule has 78 valence electrons. The summed E-state index contributed by atoms with van der Waals surface area (Å²) in [4.78, 5) is 6.84. The van der Waals surface area contributed by atoms with Crippen LogP contribution in [0.5, 0.6) is 0 Å². The monoisotopic (exact) mass is 257 g/mol. The summed E-state index contributed by atoms with van der Waals surface area (Å²) in [6, 6.07) is 0. The lowest BCUT2D eigenvalue weighted by Crippen LogP contribution is -2.34. The van der Waals surface area contributed by atoms with Crippen molar-refractivity contribution in [3.63, 3.8) is 0 Å². The molecule has 0 radical (unpaired) electrons. The van der Waals surface area contributed by atoms with E-state index >= 15 is 0 Å². The Morgan fingerprint density at radius 2 is 2.29 bits per heavy atom. The van der Waals surface area contributed by atoms with Gasteiger partial charge in [0, 0.05) is 30.8 Å². The van der Waals surface area contributed by atoms with Crippen molar-refractivity contribution in [1.29, 1.82) is 0 Å². The first-order valence-corrected chi connectivity index (χ1v) is 6.30. The van der Waals surface area contributed by atoms with Crippen molar-refractivity contribution < 1.29 is 0 Å². The van der Waals surface area contributed by atoms with Gasteiger partial charge in [-0.25, -0.2) is 4.98 Å². The van der Waals surface area contributed by atoms with Gasteiger partial charge < -0.3 is 4.57 Å². The lowest BCUT2D eigenvalue weighted by atomic mass is 10.3. The van der Waals surface area contributed by atoms with Crippen LogP contribution in [0.2, 0.25) is 0 Å². The summed E-state index contributed by atoms with van der Waals surface area (Å²) in [5, 5.41) is 1.12. The number of nitrogens with zero attached hydrogens (tertiary/aromatic N) is 3. The summed E-state index contributed by atoms with van der Waals surface area (Å²) in [6.07, 6.45) is 6.53. The van der Waals surface area contributed by atoms with Gasteiger partial charge in [-0.2, -0.15) is 0 Å². The van der Waals surface area contributed by atoms with Gasteiger partial charge >= 0.3 is 0 Å². The van der Waals surface area contributed by atoms with Gasteiger partial charge in [0.15, 0.2) is 0 Å². The Morgan fingerprint density at radius 1 is 1.36 bits per heavy atom. The van der Waals surface area contributed by atoms with E-state index in [1.807, 2.05) is 6.20 Å². The summed E-state index contributed by atoms with van der Waals surface area (Å²) < 4.78 is 2.25. The minimum absolute atomic E-state index is 1.02. The SMILES string of the molecule is BrCCCCN1CCn2ccnc2C1. The number of rotatable bonds is 4. The van der Waals surface area contributed by atoms with Gasteiger partial charge in [-0.3, -0.25) is 4.90 Å². The van der Waals surface area contributed by atoms with Crippen LogP contribution in [0.1, 0.15) is 18.7 Å². The Bertz CT molecular complexity index is 285. The van der Waals surface area contributed by atoms with Crippen LogP contribution in [0.25, 0.3) is 0 Å². The molecule has 4 heteroatoms. The minimum Gasteiger partial charge on any atom is -0.333 e. The molecular formula is C10H16BrN3. The summed E-state index contributed by atoms with van der Waals surface area (Å²) >= 11 is 3.46. The van der Waals surface area contributed by atoms with Crippen LogP contribution in [0.4, 0.5) is 0 Å². The zero-order valence-electron chi connectivity index (χ0n) is 8.32. The second-order valence-corrected chi connectivity index (χ2v) is 4.50. The van der Waals surface area contributed by atoms with Gasteiger partial charge in [0.1, 0.15) is 5.82 Å². The molecule has 0 N–H and O–H groups in total. The molecule has 14 heavy (non-hydrogen) atoms. The lowest BCUT2D eigenvalue weighted by Gasteiger charge is -2.27. The first-order chi connectivity index (χ1) is 6.90. The molecule has 0 bridgehead atoms. The third-order valence-corrected chi connectivity index (χ3v) is 3.24. The van der Waals surface area contributed by atoms with E-state index in [-0.39, 0.29) is 0 Å². The molecule has 0 atom stereocenters. The predicted octanol–water partition coefficient (Wildman–Crippen LogP) is 1.87. The first kappa shape index (κ1) is 10.2. The Labute approximate surface area is 93.2 Å². The fraction of sp³-hybridized carbons (Fsp3) is 0.700. The Kier molecular flexibility index (Phi) is 3.59. The van der Waals surface area contributed by atoms with E-state index in [1.54, 1.807) is 0 Å². The molecule has 2 rings (SSSR count). The average Bonchev–Trinajstić information content (AvgIpc) is 2.65. The minimum atomic E-state index is 1.02. The molecule has 1 aliphatic rings. The van der Waals surface area contributed by atoms with Crippen molar-refractivity contribution in [2.75, 3.05) is 18.4 Å². The maximum absolute atomic E-state index is 4.35. The first-order valence-electron chi connectivity index (χ1n) is 5.18. The Balaban J connectivity index is 1.82. The van der Waals surface area contributed by atoms with E-state index in [4.69, 9.17) is 0 Å². The van der Waals surface area contributed by atoms with Crippen LogP contribution in [0.15, 0.2) is 12.4 Å². The van der Waals surface area contributed by atoms with Crippen LogP contribution < -0.4 is 0 Å². The molecule has 2 heterocycles. The summed E-state index contributed by atoms with van der Waals surface area (Å²) in [5.74, 6) is 1.22. The number of aromatic nitrogens is 2. The molecule has 0 spiro atoms. The molecule has 1 aromatic rings. The van der Waals surface area contributed by atoms with Crippen molar-refractivity contribution in [2.45, 2.75) is 25.9 Å². The molecule has 1 aromatic heterocycles. The van der Waals surface area contributed by atoms with Gasteiger partial charge in [-0.15, -0.1) is 0 Å². The molecule has 1 aliphatic heterocycles. The van der Waals surface area contributed by atoms with Gasteiger partial charge in [0.2, 0.25) is 0 Å². The van der Waals surface area contributed by atoms with Crippen LogP contribution in [0, 0.1) is 0 Å². The molecule has 0 aliphatic carbocycles. The van der Waals surface area contributed by atoms with Gasteiger partial charge in [-0.05, 0) is 19.4 Å². The van der Waals surface area contributed by atoms with Gasteiger partial charge in [-0.1, -0.05) is 15.9 Å². The fourth-order valence-corrected chi connectivity index (χ4v) is 2.24. The van der Waals surface area contributed by atoms with E-state index in [0.29, 0.717) is 0 Å². The number of unbranched alkanes of at least 4 members (excludes halogenated alkanes) is 1. The zero-order chi connectivity index (χ0) is 9.80. The maximum Gasteiger partial charge on any atom is 0.122 e. The van der Waals surface area contributed by atoms with Crippen LogP contribution >= 0.6 is 15.9 Å². The normalized spacial score (nSPS) is 16.9. The Morgan fingerprint density at radius 3 is 3.14 bits per heavy atom. The van der Waals surface area contributed by atoms with Crippen molar-refractivity contribution in [3.8, 4) is 0 Å². The highest BCUT2D eigenvalue weighted by molar-refractivity contribution is 9.09. The highest BCUT2D eigenvalue weighted by Crippen LogP contribution is 2.10. The third kappa shape index (κ3) is 2.36. The molecular weight excluding hydrogens is 242 g/mol. The van der Waals surface area contributed by atoms with Crippen molar-refractivity contribution >= 4 is 15.9 Å². The molecule has 0 aromatic carbocycles. The summed E-state index contributed by atoms with van der Waals surface area (Å²) in [7, 11) is 0. The van der Waals surface area contributed by atoms with Crippen molar-refractivity contribution in [1.82, 2.24) is 14.5 Å². The molecule has 0 fully saturated rings. The summed E-state index contributed by atoms with van der Waals surface area (Å²) in [6.45, 7) is 4.50. The Hall–Kier alpha value is -0.350. The molecule has 0 saturated heterocycles. The number of hydrogen-bond donors (Lipinski definition) is 0. The maximum atomic E-state index is 4.35. The van der Waals surface area contributed by atoms with Crippen LogP contribution in [0.3, 0.4) is 0 Å². The van der Waals surface area contributed by atoms with E-state index in [2.05, 4.69) is 36.6 Å². The topological polar surface area (TPSA) is 21.1 Å². The number of fused-ring (bicyclic) bond motifs is 1. The standard InChI is InChI=1S/C10H16BrN3/c11-3-1-2-5-13-7-8-14-6-4-12-10(14)9-13/h4,6H,1-3,5,7-9H2. The smallest absolute Gasteiger partial charge is 0.122 e. The largest absolute Gasteiger partial charge is 0.333 e. The number of imidazole rings is 1. The molecule has 0 amide bonds. The highest BCUT2D eigenvalue weighted by Gasteiger charge is 2.15. The van der Waals surface area contributed by atoms with Gasteiger partial charge in [0.25, 0.3) is 0 Å². The lowest BCUT2D eigenvalue weighted by molar-refractivity contribution is 0.214. The quantitative estimate of drug-likeness (QED) is 0.607. The molecule has 3 nitrogen and oxygen atoms in total. The molecule has 0 saturated carbocycles. The number of hydrogen-bond acceptors (Lipinski definition) is 2. The summed E-state index contributed by atoms with van der Waals surface area (Å²) in [5.41, 5.74) is 0. The number of alkyl halides is 1. The zero-order valence-corrected chi connectivity index (χ0v) is 9.91. The van der Waals surface area contributed by atoms with E-state index < -0.39 is 0 Å². The fourth-order valence-electron chi connectivity index (χ4n) is 1.84. The second kappa shape index (κ2) is 4.94. The van der Waals surface area contributed by atoms with Crippen LogP contribution in [-0.4, -0.2) is 32.9 Å². The van der Waals surface area contributed by atoms with E-state index in [1.165, 1.54) is 31.8 Å². The van der Waals surface area contributed by atoms with Gasteiger partial charge in [0.05, 0.1) is 6.54 Å². The van der Waals surface area contributed by atoms with E-state index in [0.717, 1.165) is 18.4 Å². The third-order valence-electron chi connectivity index (χ3n) is 2.68. The second-order valence-electron chi connectivity index (χ2n) is 3.71. The molecule has 0 unspecified atom stereocenters. The average molecular weight is 258 g/mol. The predicted molar refractivity (Wildman–Crippen MR) is 60.5 cm³/mol.